The average Bonchev–Trinajstić information content (AvgIpc) is 3.36. The Bertz CT molecular complexity index is 1320. The van der Waals surface area contributed by atoms with Crippen molar-refractivity contribution in [2.45, 2.75) is 24.9 Å². The van der Waals surface area contributed by atoms with Crippen molar-refractivity contribution in [1.29, 1.82) is 0 Å². The molecule has 4 heterocycles. The van der Waals surface area contributed by atoms with Gasteiger partial charge in [-0.1, -0.05) is 12.1 Å². The number of H-pyrrole nitrogens is 1. The van der Waals surface area contributed by atoms with Crippen LogP contribution in [-0.2, 0) is 10.9 Å². The lowest BCUT2D eigenvalue weighted by atomic mass is 10.1. The predicted molar refractivity (Wildman–Crippen MR) is 114 cm³/mol. The van der Waals surface area contributed by atoms with Gasteiger partial charge in [0, 0.05) is 41.7 Å². The van der Waals surface area contributed by atoms with Gasteiger partial charge in [0.2, 0.25) is 5.95 Å². The lowest BCUT2D eigenvalue weighted by molar-refractivity contribution is -0.141. The number of halogens is 3. The molecule has 2 aliphatic rings. The molecule has 2 fully saturated rings. The monoisotopic (exact) mass is 455 g/mol. The zero-order valence-corrected chi connectivity index (χ0v) is 17.5. The number of nitrogens with zero attached hydrogens (tertiary/aromatic N) is 6. The molecule has 33 heavy (non-hydrogen) atoms. The first kappa shape index (κ1) is 20.2. The van der Waals surface area contributed by atoms with Crippen molar-refractivity contribution in [2.75, 3.05) is 31.2 Å². The molecule has 1 saturated heterocycles. The number of anilines is 1. The van der Waals surface area contributed by atoms with E-state index in [1.807, 2.05) is 35.4 Å². The fraction of sp³-hybridized carbons (Fsp3) is 0.364. The van der Waals surface area contributed by atoms with Crippen molar-refractivity contribution < 1.29 is 17.9 Å². The van der Waals surface area contributed by atoms with Crippen LogP contribution >= 0.6 is 0 Å². The molecule has 0 spiro atoms. The summed E-state index contributed by atoms with van der Waals surface area (Å²) in [7, 11) is 0. The van der Waals surface area contributed by atoms with E-state index in [9.17, 15) is 13.2 Å². The molecule has 8 nitrogen and oxygen atoms in total. The number of hydrogen-bond donors (Lipinski definition) is 1. The van der Waals surface area contributed by atoms with Crippen LogP contribution in [0.25, 0.3) is 28.2 Å². The summed E-state index contributed by atoms with van der Waals surface area (Å²) in [6.07, 6.45) is -1.08. The number of morpholine rings is 1. The SMILES string of the molecule is FC(F)(F)c1cc(C2CC2)n(-c2nc(-c3cccc4[nH]ccc34)nc(N3CCOCC3)n2)n1. The summed E-state index contributed by atoms with van der Waals surface area (Å²) in [5, 5.41) is 4.79. The lowest BCUT2D eigenvalue weighted by Gasteiger charge is -2.27. The summed E-state index contributed by atoms with van der Waals surface area (Å²) in [6.45, 7) is 2.22. The van der Waals surface area contributed by atoms with Gasteiger partial charge >= 0.3 is 6.18 Å². The van der Waals surface area contributed by atoms with Crippen LogP contribution in [0.1, 0.15) is 30.1 Å². The van der Waals surface area contributed by atoms with Gasteiger partial charge < -0.3 is 14.6 Å². The second kappa shape index (κ2) is 7.55. The first-order valence-corrected chi connectivity index (χ1v) is 10.8. The van der Waals surface area contributed by atoms with Crippen LogP contribution in [0.3, 0.4) is 0 Å². The Hall–Kier alpha value is -3.47. The van der Waals surface area contributed by atoms with E-state index in [0.29, 0.717) is 43.8 Å². The van der Waals surface area contributed by atoms with Gasteiger partial charge in [0.1, 0.15) is 0 Å². The molecular formula is C22H20F3N7O. The number of benzene rings is 1. The first-order valence-electron chi connectivity index (χ1n) is 10.8. The van der Waals surface area contributed by atoms with E-state index in [4.69, 9.17) is 9.72 Å². The van der Waals surface area contributed by atoms with Gasteiger partial charge in [0.15, 0.2) is 11.5 Å². The van der Waals surface area contributed by atoms with E-state index in [1.54, 1.807) is 0 Å². The quantitative estimate of drug-likeness (QED) is 0.502. The third-order valence-electron chi connectivity index (χ3n) is 5.95. The largest absolute Gasteiger partial charge is 0.435 e. The molecule has 0 atom stereocenters. The highest BCUT2D eigenvalue weighted by atomic mass is 19.4. The lowest BCUT2D eigenvalue weighted by Crippen LogP contribution is -2.37. The van der Waals surface area contributed by atoms with Crippen molar-refractivity contribution in [2.24, 2.45) is 0 Å². The molecule has 11 heteroatoms. The second-order valence-electron chi connectivity index (χ2n) is 8.24. The Labute approximate surface area is 186 Å². The predicted octanol–water partition coefficient (Wildman–Crippen LogP) is 3.94. The molecule has 1 aromatic carbocycles. The molecule has 1 N–H and O–H groups in total. The number of alkyl halides is 3. The molecule has 1 aliphatic heterocycles. The number of hydrogen-bond acceptors (Lipinski definition) is 6. The molecule has 3 aromatic heterocycles. The highest BCUT2D eigenvalue weighted by molar-refractivity contribution is 5.93. The number of aromatic nitrogens is 6. The van der Waals surface area contributed by atoms with Crippen LogP contribution in [0.2, 0.25) is 0 Å². The Morgan fingerprint density at radius 3 is 2.55 bits per heavy atom. The Kier molecular flexibility index (Phi) is 4.61. The number of rotatable bonds is 4. The van der Waals surface area contributed by atoms with Crippen LogP contribution in [0.5, 0.6) is 0 Å². The Balaban J connectivity index is 1.54. The summed E-state index contributed by atoms with van der Waals surface area (Å²) in [4.78, 5) is 19.0. The van der Waals surface area contributed by atoms with Crippen molar-refractivity contribution in [3.8, 4) is 17.3 Å². The standard InChI is InChI=1S/C22H20F3N7O/c23-22(24,25)18-12-17(13-4-5-13)32(30-18)21-28-19(15-2-1-3-16-14(15)6-7-26-16)27-20(29-21)31-8-10-33-11-9-31/h1-3,6-7,12-13,26H,4-5,8-11H2. The Morgan fingerprint density at radius 2 is 1.79 bits per heavy atom. The topological polar surface area (TPSA) is 84.8 Å². The van der Waals surface area contributed by atoms with E-state index in [-0.39, 0.29) is 11.9 Å². The van der Waals surface area contributed by atoms with Crippen molar-refractivity contribution in [3.05, 3.63) is 47.9 Å². The number of ether oxygens (including phenoxy) is 1. The maximum atomic E-state index is 13.5. The molecule has 1 saturated carbocycles. The van der Waals surface area contributed by atoms with E-state index in [0.717, 1.165) is 35.4 Å². The molecule has 170 valence electrons. The maximum absolute atomic E-state index is 13.5. The maximum Gasteiger partial charge on any atom is 0.435 e. The second-order valence-corrected chi connectivity index (χ2v) is 8.24. The average molecular weight is 455 g/mol. The third-order valence-corrected chi connectivity index (χ3v) is 5.95. The van der Waals surface area contributed by atoms with Gasteiger partial charge in [-0.2, -0.15) is 33.2 Å². The van der Waals surface area contributed by atoms with Crippen LogP contribution in [0.4, 0.5) is 19.1 Å². The molecular weight excluding hydrogens is 435 g/mol. The van der Waals surface area contributed by atoms with Crippen LogP contribution < -0.4 is 4.90 Å². The van der Waals surface area contributed by atoms with Crippen LogP contribution in [0.15, 0.2) is 36.5 Å². The molecule has 0 unspecified atom stereocenters. The van der Waals surface area contributed by atoms with Gasteiger partial charge in [-0.3, -0.25) is 0 Å². The van der Waals surface area contributed by atoms with Crippen molar-refractivity contribution >= 4 is 16.9 Å². The first-order chi connectivity index (χ1) is 16.0. The fourth-order valence-corrected chi connectivity index (χ4v) is 4.12. The zero-order valence-electron chi connectivity index (χ0n) is 17.5. The highest BCUT2D eigenvalue weighted by Gasteiger charge is 2.38. The summed E-state index contributed by atoms with van der Waals surface area (Å²) in [5.41, 5.74) is 1.22. The van der Waals surface area contributed by atoms with E-state index in [2.05, 4.69) is 20.1 Å². The minimum atomic E-state index is -4.55. The Morgan fingerprint density at radius 1 is 1.00 bits per heavy atom. The van der Waals surface area contributed by atoms with E-state index < -0.39 is 11.9 Å². The molecule has 1 aliphatic carbocycles. The van der Waals surface area contributed by atoms with Crippen molar-refractivity contribution in [3.63, 3.8) is 0 Å². The molecule has 6 rings (SSSR count). The van der Waals surface area contributed by atoms with Gasteiger partial charge in [0.05, 0.1) is 18.9 Å². The van der Waals surface area contributed by atoms with Crippen LogP contribution in [-0.4, -0.2) is 56.0 Å². The molecule has 4 aromatic rings. The van der Waals surface area contributed by atoms with Gasteiger partial charge in [-0.25, -0.2) is 4.68 Å². The molecule has 0 bridgehead atoms. The van der Waals surface area contributed by atoms with E-state index >= 15 is 0 Å². The fourth-order valence-electron chi connectivity index (χ4n) is 4.12. The summed E-state index contributed by atoms with van der Waals surface area (Å²) >= 11 is 0. The zero-order chi connectivity index (χ0) is 22.6. The van der Waals surface area contributed by atoms with Crippen molar-refractivity contribution in [1.82, 2.24) is 29.7 Å². The van der Waals surface area contributed by atoms with Gasteiger partial charge in [-0.15, -0.1) is 0 Å². The third kappa shape index (κ3) is 3.71. The highest BCUT2D eigenvalue weighted by Crippen LogP contribution is 2.43. The summed E-state index contributed by atoms with van der Waals surface area (Å²) in [6, 6.07) is 8.76. The van der Waals surface area contributed by atoms with Crippen LogP contribution in [0, 0.1) is 0 Å². The summed E-state index contributed by atoms with van der Waals surface area (Å²) < 4.78 is 47.1. The minimum absolute atomic E-state index is 0.0220. The summed E-state index contributed by atoms with van der Waals surface area (Å²) in [5.74, 6) is 0.898. The number of nitrogens with one attached hydrogen (secondary N) is 1. The van der Waals surface area contributed by atoms with Gasteiger partial charge in [0.25, 0.3) is 5.95 Å². The van der Waals surface area contributed by atoms with E-state index in [1.165, 1.54) is 4.68 Å². The van der Waals surface area contributed by atoms with Gasteiger partial charge in [-0.05, 0) is 31.0 Å². The normalized spacial score (nSPS) is 17.1. The number of fused-ring (bicyclic) bond motifs is 1. The number of aromatic amines is 1. The molecule has 0 radical (unpaired) electrons. The molecule has 0 amide bonds. The minimum Gasteiger partial charge on any atom is -0.378 e. The smallest absolute Gasteiger partial charge is 0.378 e.